The summed E-state index contributed by atoms with van der Waals surface area (Å²) in [5.41, 5.74) is 6.28. The first kappa shape index (κ1) is 12.8. The van der Waals surface area contributed by atoms with Crippen LogP contribution < -0.4 is 11.1 Å². The summed E-state index contributed by atoms with van der Waals surface area (Å²) >= 11 is 0. The summed E-state index contributed by atoms with van der Waals surface area (Å²) in [6.45, 7) is 3.67. The fourth-order valence-electron chi connectivity index (χ4n) is 3.26. The van der Waals surface area contributed by atoms with Gasteiger partial charge in [-0.15, -0.1) is 0 Å². The first-order valence-corrected chi connectivity index (χ1v) is 6.93. The molecule has 2 fully saturated rings. The van der Waals surface area contributed by atoms with Crippen molar-refractivity contribution in [2.75, 3.05) is 13.1 Å². The normalized spacial score (nSPS) is 35.5. The Hall–Kier alpha value is -0.610. The minimum absolute atomic E-state index is 0.0852. The van der Waals surface area contributed by atoms with Crippen LogP contribution in [0.3, 0.4) is 0 Å². The lowest BCUT2D eigenvalue weighted by Crippen LogP contribution is -2.47. The molecular formula is C13H25N3O. The van der Waals surface area contributed by atoms with Crippen molar-refractivity contribution in [3.63, 3.8) is 0 Å². The van der Waals surface area contributed by atoms with Gasteiger partial charge in [0, 0.05) is 38.1 Å². The third kappa shape index (κ3) is 3.42. The van der Waals surface area contributed by atoms with Crippen LogP contribution in [0.15, 0.2) is 0 Å². The fourth-order valence-corrected chi connectivity index (χ4v) is 3.26. The van der Waals surface area contributed by atoms with Gasteiger partial charge in [0.15, 0.2) is 0 Å². The minimum Gasteiger partial charge on any atom is -0.352 e. The van der Waals surface area contributed by atoms with Crippen LogP contribution in [0.5, 0.6) is 0 Å². The van der Waals surface area contributed by atoms with E-state index >= 15 is 0 Å². The zero-order valence-electron chi connectivity index (χ0n) is 10.8. The van der Waals surface area contributed by atoms with E-state index in [1.54, 1.807) is 6.92 Å². The molecule has 3 unspecified atom stereocenters. The van der Waals surface area contributed by atoms with Crippen LogP contribution >= 0.6 is 0 Å². The van der Waals surface area contributed by atoms with Crippen molar-refractivity contribution in [2.24, 2.45) is 5.73 Å². The van der Waals surface area contributed by atoms with Gasteiger partial charge >= 0.3 is 0 Å². The molecule has 0 aromatic heterocycles. The van der Waals surface area contributed by atoms with E-state index in [0.717, 1.165) is 25.9 Å². The van der Waals surface area contributed by atoms with Gasteiger partial charge in [0.1, 0.15) is 0 Å². The SMILES string of the molecule is CC(=O)NC1CCN(C2CCCCCC2N)C1. The molecule has 3 atom stereocenters. The van der Waals surface area contributed by atoms with Gasteiger partial charge in [-0.2, -0.15) is 0 Å². The topological polar surface area (TPSA) is 58.4 Å². The van der Waals surface area contributed by atoms with E-state index in [4.69, 9.17) is 5.73 Å². The Bertz CT molecular complexity index is 269. The standard InChI is InChI=1S/C13H25N3O/c1-10(17)15-11-7-8-16(9-11)13-6-4-2-3-5-12(13)14/h11-13H,2-9,14H2,1H3,(H,15,17). The molecule has 4 nitrogen and oxygen atoms in total. The lowest BCUT2D eigenvalue weighted by molar-refractivity contribution is -0.119. The van der Waals surface area contributed by atoms with E-state index in [-0.39, 0.29) is 5.91 Å². The van der Waals surface area contributed by atoms with Crippen molar-refractivity contribution in [3.8, 4) is 0 Å². The number of nitrogens with zero attached hydrogens (tertiary/aromatic N) is 1. The molecular weight excluding hydrogens is 214 g/mol. The molecule has 3 N–H and O–H groups in total. The van der Waals surface area contributed by atoms with Crippen molar-refractivity contribution < 1.29 is 4.79 Å². The lowest BCUT2D eigenvalue weighted by Gasteiger charge is -2.31. The lowest BCUT2D eigenvalue weighted by atomic mass is 10.0. The van der Waals surface area contributed by atoms with Crippen molar-refractivity contribution in [1.29, 1.82) is 0 Å². The third-order valence-electron chi connectivity index (χ3n) is 4.13. The third-order valence-corrected chi connectivity index (χ3v) is 4.13. The maximum atomic E-state index is 11.0. The largest absolute Gasteiger partial charge is 0.352 e. The van der Waals surface area contributed by atoms with Crippen LogP contribution in [-0.2, 0) is 4.79 Å². The molecule has 0 aromatic carbocycles. The van der Waals surface area contributed by atoms with Crippen LogP contribution in [0, 0.1) is 0 Å². The maximum absolute atomic E-state index is 11.0. The predicted octanol–water partition coefficient (Wildman–Crippen LogP) is 0.857. The van der Waals surface area contributed by atoms with E-state index in [1.165, 1.54) is 25.7 Å². The molecule has 1 heterocycles. The quantitative estimate of drug-likeness (QED) is 0.703. The Morgan fingerprint density at radius 1 is 1.24 bits per heavy atom. The molecule has 4 heteroatoms. The number of hydrogen-bond donors (Lipinski definition) is 2. The second-order valence-corrected chi connectivity index (χ2v) is 5.55. The molecule has 0 spiro atoms. The molecule has 1 aliphatic heterocycles. The van der Waals surface area contributed by atoms with E-state index < -0.39 is 0 Å². The van der Waals surface area contributed by atoms with Crippen molar-refractivity contribution in [1.82, 2.24) is 10.2 Å². The highest BCUT2D eigenvalue weighted by Gasteiger charge is 2.32. The number of nitrogens with two attached hydrogens (primary N) is 1. The number of carbonyl (C=O) groups excluding carboxylic acids is 1. The average molecular weight is 239 g/mol. The van der Waals surface area contributed by atoms with Gasteiger partial charge < -0.3 is 11.1 Å². The summed E-state index contributed by atoms with van der Waals surface area (Å²) in [6, 6.07) is 1.20. The van der Waals surface area contributed by atoms with Gasteiger partial charge in [0.2, 0.25) is 5.91 Å². The summed E-state index contributed by atoms with van der Waals surface area (Å²) in [6.07, 6.45) is 7.37. The molecule has 0 radical (unpaired) electrons. The Morgan fingerprint density at radius 3 is 2.76 bits per heavy atom. The molecule has 1 saturated carbocycles. The van der Waals surface area contributed by atoms with E-state index in [1.807, 2.05) is 0 Å². The Morgan fingerprint density at radius 2 is 2.00 bits per heavy atom. The number of nitrogens with one attached hydrogen (secondary N) is 1. The van der Waals surface area contributed by atoms with Gasteiger partial charge in [-0.3, -0.25) is 9.69 Å². The van der Waals surface area contributed by atoms with Crippen LogP contribution in [-0.4, -0.2) is 42.0 Å². The van der Waals surface area contributed by atoms with Crippen LogP contribution in [0.25, 0.3) is 0 Å². The zero-order chi connectivity index (χ0) is 12.3. The number of amides is 1. The molecule has 98 valence electrons. The van der Waals surface area contributed by atoms with Crippen molar-refractivity contribution in [2.45, 2.75) is 63.6 Å². The molecule has 0 bridgehead atoms. The van der Waals surface area contributed by atoms with E-state index in [9.17, 15) is 4.79 Å². The molecule has 2 aliphatic rings. The monoisotopic (exact) mass is 239 g/mol. The van der Waals surface area contributed by atoms with Gasteiger partial charge in [-0.05, 0) is 19.3 Å². The Labute approximate surface area is 104 Å². The van der Waals surface area contributed by atoms with Crippen LogP contribution in [0.4, 0.5) is 0 Å². The fraction of sp³-hybridized carbons (Fsp3) is 0.923. The smallest absolute Gasteiger partial charge is 0.217 e. The Balaban J connectivity index is 1.87. The molecule has 1 saturated heterocycles. The zero-order valence-corrected chi connectivity index (χ0v) is 10.8. The summed E-state index contributed by atoms with van der Waals surface area (Å²) in [4.78, 5) is 13.5. The highest BCUT2D eigenvalue weighted by Crippen LogP contribution is 2.24. The number of hydrogen-bond acceptors (Lipinski definition) is 3. The Kier molecular flexibility index (Phi) is 4.40. The second kappa shape index (κ2) is 5.83. The minimum atomic E-state index is 0.0852. The first-order valence-electron chi connectivity index (χ1n) is 6.93. The first-order chi connectivity index (χ1) is 8.16. The predicted molar refractivity (Wildman–Crippen MR) is 68.6 cm³/mol. The van der Waals surface area contributed by atoms with E-state index in [2.05, 4.69) is 10.2 Å². The number of rotatable bonds is 2. The van der Waals surface area contributed by atoms with E-state index in [0.29, 0.717) is 18.1 Å². The van der Waals surface area contributed by atoms with Crippen molar-refractivity contribution >= 4 is 5.91 Å². The van der Waals surface area contributed by atoms with Gasteiger partial charge in [0.25, 0.3) is 0 Å². The van der Waals surface area contributed by atoms with Crippen LogP contribution in [0.2, 0.25) is 0 Å². The van der Waals surface area contributed by atoms with Gasteiger partial charge in [0.05, 0.1) is 0 Å². The number of likely N-dealkylation sites (tertiary alicyclic amines) is 1. The molecule has 1 aliphatic carbocycles. The van der Waals surface area contributed by atoms with Gasteiger partial charge in [-0.25, -0.2) is 0 Å². The molecule has 17 heavy (non-hydrogen) atoms. The second-order valence-electron chi connectivity index (χ2n) is 5.55. The summed E-state index contributed by atoms with van der Waals surface area (Å²) in [5.74, 6) is 0.0852. The number of carbonyl (C=O) groups is 1. The summed E-state index contributed by atoms with van der Waals surface area (Å²) < 4.78 is 0. The highest BCUT2D eigenvalue weighted by molar-refractivity contribution is 5.73. The highest BCUT2D eigenvalue weighted by atomic mass is 16.1. The average Bonchev–Trinajstić information content (AvgIpc) is 2.59. The van der Waals surface area contributed by atoms with Crippen molar-refractivity contribution in [3.05, 3.63) is 0 Å². The van der Waals surface area contributed by atoms with Gasteiger partial charge in [-0.1, -0.05) is 19.3 Å². The molecule has 2 rings (SSSR count). The maximum Gasteiger partial charge on any atom is 0.217 e. The van der Waals surface area contributed by atoms with Crippen LogP contribution in [0.1, 0.15) is 45.4 Å². The molecule has 0 aromatic rings. The summed E-state index contributed by atoms with van der Waals surface area (Å²) in [5, 5.41) is 3.02. The summed E-state index contributed by atoms with van der Waals surface area (Å²) in [7, 11) is 0. The molecule has 1 amide bonds.